The van der Waals surface area contributed by atoms with Crippen molar-refractivity contribution < 1.29 is 33.4 Å². The van der Waals surface area contributed by atoms with Gasteiger partial charge in [0.15, 0.2) is 0 Å². The van der Waals surface area contributed by atoms with Crippen molar-refractivity contribution >= 4 is 40.9 Å². The van der Waals surface area contributed by atoms with Gasteiger partial charge in [-0.15, -0.1) is 0 Å². The summed E-state index contributed by atoms with van der Waals surface area (Å²) in [6, 6.07) is 8.00. The Labute approximate surface area is 170 Å². The summed E-state index contributed by atoms with van der Waals surface area (Å²) >= 11 is 0.716. The van der Waals surface area contributed by atoms with Crippen LogP contribution in [0.5, 0.6) is 0 Å². The molecule has 0 radical (unpaired) electrons. The number of carbonyl (C=O) groups is 4. The molecule has 0 saturated carbocycles. The number of furan rings is 1. The summed E-state index contributed by atoms with van der Waals surface area (Å²) in [4.78, 5) is 48.0. The van der Waals surface area contributed by atoms with E-state index in [1.165, 1.54) is 12.1 Å². The fourth-order valence-electron chi connectivity index (χ4n) is 2.75. The molecule has 3 rings (SSSR count). The highest BCUT2D eigenvalue weighted by Gasteiger charge is 2.36. The number of carboxylic acid groups (broad SMARTS) is 1. The molecule has 1 saturated heterocycles. The summed E-state index contributed by atoms with van der Waals surface area (Å²) in [6.07, 6.45) is 1.43. The molecule has 150 valence electrons. The van der Waals surface area contributed by atoms with Crippen molar-refractivity contribution in [3.8, 4) is 11.3 Å². The van der Waals surface area contributed by atoms with E-state index in [0.29, 0.717) is 28.8 Å². The maximum atomic E-state index is 12.4. The lowest BCUT2D eigenvalue weighted by Gasteiger charge is -2.10. The third kappa shape index (κ3) is 4.40. The van der Waals surface area contributed by atoms with E-state index in [0.717, 1.165) is 10.5 Å². The third-order valence-corrected chi connectivity index (χ3v) is 5.01. The van der Waals surface area contributed by atoms with Crippen LogP contribution in [0, 0.1) is 6.92 Å². The van der Waals surface area contributed by atoms with Gasteiger partial charge in [-0.1, -0.05) is 6.07 Å². The summed E-state index contributed by atoms with van der Waals surface area (Å²) in [5, 5.41) is 8.51. The fraction of sp³-hybridized carbons (Fsp3) is 0.200. The SMILES string of the molecule is CCOC(=O)CN1C(=O)S/C(=C\c2ccc(-c3ccc(C(=O)O)cc3C)o2)C1=O. The van der Waals surface area contributed by atoms with Crippen LogP contribution in [-0.4, -0.2) is 46.2 Å². The highest BCUT2D eigenvalue weighted by Crippen LogP contribution is 2.33. The van der Waals surface area contributed by atoms with Crippen molar-refractivity contribution in [2.24, 2.45) is 0 Å². The van der Waals surface area contributed by atoms with Gasteiger partial charge in [-0.25, -0.2) is 4.79 Å². The number of esters is 1. The van der Waals surface area contributed by atoms with Crippen LogP contribution >= 0.6 is 11.8 Å². The second kappa shape index (κ2) is 8.36. The fourth-order valence-corrected chi connectivity index (χ4v) is 3.57. The molecule has 0 unspecified atom stereocenters. The minimum atomic E-state index is -1.02. The zero-order valence-corrected chi connectivity index (χ0v) is 16.4. The number of benzene rings is 1. The first-order valence-electron chi connectivity index (χ1n) is 8.65. The molecular weight excluding hydrogens is 398 g/mol. The van der Waals surface area contributed by atoms with Crippen LogP contribution in [0.15, 0.2) is 39.7 Å². The molecule has 1 aromatic heterocycles. The van der Waals surface area contributed by atoms with E-state index in [9.17, 15) is 19.2 Å². The number of ether oxygens (including phenoxy) is 1. The van der Waals surface area contributed by atoms with Gasteiger partial charge in [-0.2, -0.15) is 0 Å². The Morgan fingerprint density at radius 3 is 2.66 bits per heavy atom. The van der Waals surface area contributed by atoms with Gasteiger partial charge in [0.1, 0.15) is 18.1 Å². The molecule has 1 aliphatic heterocycles. The Morgan fingerprint density at radius 1 is 1.24 bits per heavy atom. The van der Waals surface area contributed by atoms with Gasteiger partial charge in [0, 0.05) is 11.6 Å². The zero-order chi connectivity index (χ0) is 21.1. The van der Waals surface area contributed by atoms with Crippen LogP contribution in [0.3, 0.4) is 0 Å². The van der Waals surface area contributed by atoms with Crippen LogP contribution in [0.25, 0.3) is 17.4 Å². The maximum Gasteiger partial charge on any atom is 0.335 e. The molecule has 29 heavy (non-hydrogen) atoms. The standard InChI is InChI=1S/C20H17NO7S/c1-3-27-17(22)10-21-18(23)16(29-20(21)26)9-13-5-7-15(28-13)14-6-4-12(19(24)25)8-11(14)2/h4-9H,3,10H2,1-2H3,(H,24,25)/b16-9-. The van der Waals surface area contributed by atoms with E-state index in [-0.39, 0.29) is 17.1 Å². The number of amides is 2. The topological polar surface area (TPSA) is 114 Å². The minimum Gasteiger partial charge on any atom is -0.478 e. The van der Waals surface area contributed by atoms with E-state index >= 15 is 0 Å². The first-order chi connectivity index (χ1) is 13.8. The molecule has 1 fully saturated rings. The number of aryl methyl sites for hydroxylation is 1. The van der Waals surface area contributed by atoms with Crippen LogP contribution in [0.4, 0.5) is 4.79 Å². The smallest absolute Gasteiger partial charge is 0.335 e. The van der Waals surface area contributed by atoms with E-state index in [1.807, 2.05) is 0 Å². The van der Waals surface area contributed by atoms with E-state index in [1.54, 1.807) is 38.1 Å². The summed E-state index contributed by atoms with van der Waals surface area (Å²) < 4.78 is 10.5. The zero-order valence-electron chi connectivity index (χ0n) is 15.6. The number of imide groups is 1. The number of hydrogen-bond donors (Lipinski definition) is 1. The molecule has 1 aliphatic rings. The van der Waals surface area contributed by atoms with Crippen molar-refractivity contribution in [1.29, 1.82) is 0 Å². The lowest BCUT2D eigenvalue weighted by Crippen LogP contribution is -2.34. The number of carboxylic acids is 1. The average Bonchev–Trinajstić information content (AvgIpc) is 3.22. The maximum absolute atomic E-state index is 12.4. The van der Waals surface area contributed by atoms with Gasteiger partial charge < -0.3 is 14.3 Å². The quantitative estimate of drug-likeness (QED) is 0.563. The van der Waals surface area contributed by atoms with Crippen molar-refractivity contribution in [2.45, 2.75) is 13.8 Å². The van der Waals surface area contributed by atoms with Crippen molar-refractivity contribution in [3.05, 3.63) is 52.1 Å². The number of hydrogen-bond acceptors (Lipinski definition) is 7. The Balaban J connectivity index is 1.80. The normalized spacial score (nSPS) is 15.2. The van der Waals surface area contributed by atoms with Gasteiger partial charge in [0.05, 0.1) is 17.1 Å². The Morgan fingerprint density at radius 2 is 2.00 bits per heavy atom. The van der Waals surface area contributed by atoms with Crippen molar-refractivity contribution in [2.75, 3.05) is 13.2 Å². The van der Waals surface area contributed by atoms with Gasteiger partial charge >= 0.3 is 11.9 Å². The molecule has 1 aromatic carbocycles. The average molecular weight is 415 g/mol. The first kappa shape index (κ1) is 20.4. The van der Waals surface area contributed by atoms with Gasteiger partial charge in [-0.3, -0.25) is 19.3 Å². The number of rotatable bonds is 6. The minimum absolute atomic E-state index is 0.137. The van der Waals surface area contributed by atoms with Crippen LogP contribution in [-0.2, 0) is 14.3 Å². The summed E-state index contributed by atoms with van der Waals surface area (Å²) in [5.41, 5.74) is 1.61. The number of aromatic carboxylic acids is 1. The van der Waals surface area contributed by atoms with Crippen LogP contribution < -0.4 is 0 Å². The molecule has 0 aliphatic carbocycles. The van der Waals surface area contributed by atoms with Crippen molar-refractivity contribution in [1.82, 2.24) is 4.90 Å². The number of nitrogens with zero attached hydrogens (tertiary/aromatic N) is 1. The number of thioether (sulfide) groups is 1. The van der Waals surface area contributed by atoms with Crippen LogP contribution in [0.1, 0.15) is 28.6 Å². The summed E-state index contributed by atoms with van der Waals surface area (Å²) in [6.45, 7) is 3.13. The Hall–Kier alpha value is -3.33. The molecule has 2 aromatic rings. The van der Waals surface area contributed by atoms with Crippen LogP contribution in [0.2, 0.25) is 0 Å². The molecule has 8 nitrogen and oxygen atoms in total. The molecule has 0 spiro atoms. The highest BCUT2D eigenvalue weighted by atomic mass is 32.2. The molecular formula is C20H17NO7S. The monoisotopic (exact) mass is 415 g/mol. The Kier molecular flexibility index (Phi) is 5.88. The molecule has 0 bridgehead atoms. The molecule has 0 atom stereocenters. The predicted molar refractivity (Wildman–Crippen MR) is 105 cm³/mol. The van der Waals surface area contributed by atoms with Gasteiger partial charge in [-0.05, 0) is 55.4 Å². The first-order valence-corrected chi connectivity index (χ1v) is 9.47. The largest absolute Gasteiger partial charge is 0.478 e. The number of carbonyl (C=O) groups excluding carboxylic acids is 3. The summed E-state index contributed by atoms with van der Waals surface area (Å²) in [5.74, 6) is -1.41. The Bertz CT molecular complexity index is 1040. The van der Waals surface area contributed by atoms with E-state index in [4.69, 9.17) is 14.3 Å². The predicted octanol–water partition coefficient (Wildman–Crippen LogP) is 3.55. The lowest BCUT2D eigenvalue weighted by molar-refractivity contribution is -0.145. The molecule has 2 amide bonds. The van der Waals surface area contributed by atoms with Crippen molar-refractivity contribution in [3.63, 3.8) is 0 Å². The summed E-state index contributed by atoms with van der Waals surface area (Å²) in [7, 11) is 0. The molecule has 9 heteroatoms. The third-order valence-electron chi connectivity index (χ3n) is 4.11. The molecule has 2 heterocycles. The second-order valence-corrected chi connectivity index (χ2v) is 7.10. The van der Waals surface area contributed by atoms with Gasteiger partial charge in [0.2, 0.25) is 0 Å². The second-order valence-electron chi connectivity index (χ2n) is 6.11. The highest BCUT2D eigenvalue weighted by molar-refractivity contribution is 8.18. The van der Waals surface area contributed by atoms with Gasteiger partial charge in [0.25, 0.3) is 11.1 Å². The van der Waals surface area contributed by atoms with E-state index < -0.39 is 29.6 Å². The molecule has 1 N–H and O–H groups in total. The van der Waals surface area contributed by atoms with E-state index in [2.05, 4.69) is 0 Å². The lowest BCUT2D eigenvalue weighted by atomic mass is 10.0.